The van der Waals surface area contributed by atoms with Gasteiger partial charge < -0.3 is 9.47 Å². The monoisotopic (exact) mass is 382 g/mol. The maximum absolute atomic E-state index is 13.9. The molecule has 0 aromatic heterocycles. The Hall–Kier alpha value is -3.28. The van der Waals surface area contributed by atoms with Gasteiger partial charge in [0.25, 0.3) is 0 Å². The highest BCUT2D eigenvalue weighted by Gasteiger charge is 2.26. The molecule has 0 saturated carbocycles. The lowest BCUT2D eigenvalue weighted by atomic mass is 10.1. The number of hydrogen-bond donors (Lipinski definition) is 0. The fraction of sp³-hybridized carbons (Fsp3) is 0.182. The van der Waals surface area contributed by atoms with Crippen molar-refractivity contribution >= 4 is 12.1 Å². The molecule has 28 heavy (non-hydrogen) atoms. The van der Waals surface area contributed by atoms with Crippen molar-refractivity contribution in [2.24, 2.45) is 9.98 Å². The van der Waals surface area contributed by atoms with Gasteiger partial charge in [-0.2, -0.15) is 0 Å². The minimum atomic E-state index is -0.691. The Balaban J connectivity index is 1.64. The van der Waals surface area contributed by atoms with E-state index < -0.39 is 11.6 Å². The van der Waals surface area contributed by atoms with Crippen LogP contribution in [0.1, 0.15) is 29.7 Å². The van der Waals surface area contributed by atoms with Gasteiger partial charge in [-0.25, -0.2) is 18.8 Å². The van der Waals surface area contributed by atoms with Crippen molar-refractivity contribution in [3.05, 3.63) is 95.4 Å². The summed E-state index contributed by atoms with van der Waals surface area (Å²) < 4.78 is 38.7. The zero-order valence-electron chi connectivity index (χ0n) is 15.4. The summed E-state index contributed by atoms with van der Waals surface area (Å²) in [6.07, 6.45) is 5.26. The van der Waals surface area contributed by atoms with Crippen molar-refractivity contribution in [1.82, 2.24) is 0 Å². The van der Waals surface area contributed by atoms with Gasteiger partial charge in [-0.3, -0.25) is 0 Å². The molecule has 1 heterocycles. The number of halogens is 2. The zero-order chi connectivity index (χ0) is 19.9. The fourth-order valence-corrected chi connectivity index (χ4v) is 2.64. The van der Waals surface area contributed by atoms with E-state index in [9.17, 15) is 8.78 Å². The quantitative estimate of drug-likeness (QED) is 0.493. The average molecular weight is 382 g/mol. The minimum Gasteiger partial charge on any atom is -0.475 e. The molecule has 0 radical (unpaired) electrons. The fourth-order valence-electron chi connectivity index (χ4n) is 2.64. The number of allylic oxidation sites excluding steroid dienone is 2. The van der Waals surface area contributed by atoms with E-state index in [-0.39, 0.29) is 24.1 Å². The van der Waals surface area contributed by atoms with Gasteiger partial charge in [0.1, 0.15) is 36.5 Å². The van der Waals surface area contributed by atoms with Crippen LogP contribution < -0.4 is 0 Å². The molecule has 0 aliphatic carbocycles. The smallest absolute Gasteiger partial charge is 0.222 e. The van der Waals surface area contributed by atoms with E-state index in [4.69, 9.17) is 9.47 Å². The van der Waals surface area contributed by atoms with Crippen LogP contribution in [0.25, 0.3) is 0 Å². The van der Waals surface area contributed by atoms with E-state index in [1.807, 2.05) is 37.3 Å². The Kier molecular flexibility index (Phi) is 6.32. The van der Waals surface area contributed by atoms with Crippen LogP contribution in [0.4, 0.5) is 8.78 Å². The second-order valence-electron chi connectivity index (χ2n) is 6.09. The topological polar surface area (TPSA) is 43.2 Å². The van der Waals surface area contributed by atoms with Crippen LogP contribution in [0.3, 0.4) is 0 Å². The van der Waals surface area contributed by atoms with Gasteiger partial charge in [0, 0.05) is 6.21 Å². The Morgan fingerprint density at radius 2 is 1.96 bits per heavy atom. The third-order valence-corrected chi connectivity index (χ3v) is 4.09. The maximum Gasteiger partial charge on any atom is 0.222 e. The van der Waals surface area contributed by atoms with Gasteiger partial charge in [0.05, 0.1) is 0 Å². The van der Waals surface area contributed by atoms with Crippen molar-refractivity contribution < 1.29 is 18.3 Å². The first-order valence-electron chi connectivity index (χ1n) is 8.79. The number of benzene rings is 2. The molecule has 0 spiro atoms. The molecule has 1 aliphatic rings. The lowest BCUT2D eigenvalue weighted by Crippen LogP contribution is -2.07. The summed E-state index contributed by atoms with van der Waals surface area (Å²) >= 11 is 0. The van der Waals surface area contributed by atoms with Crippen LogP contribution in [0.5, 0.6) is 0 Å². The first-order chi connectivity index (χ1) is 13.6. The summed E-state index contributed by atoms with van der Waals surface area (Å²) in [7, 11) is 0. The van der Waals surface area contributed by atoms with Crippen molar-refractivity contribution in [3.8, 4) is 0 Å². The first kappa shape index (κ1) is 19.5. The van der Waals surface area contributed by atoms with E-state index in [1.54, 1.807) is 12.3 Å². The normalized spacial score (nSPS) is 16.4. The van der Waals surface area contributed by atoms with E-state index in [1.165, 1.54) is 18.2 Å². The third kappa shape index (κ3) is 4.71. The molecule has 0 amide bonds. The van der Waals surface area contributed by atoms with Gasteiger partial charge in [-0.05, 0) is 42.8 Å². The summed E-state index contributed by atoms with van der Waals surface area (Å²) in [6, 6.07) is 10.9. The number of hydrogen-bond acceptors (Lipinski definition) is 4. The van der Waals surface area contributed by atoms with Crippen molar-refractivity contribution in [3.63, 3.8) is 0 Å². The van der Waals surface area contributed by atoms with Crippen LogP contribution in [0.2, 0.25) is 0 Å². The van der Waals surface area contributed by atoms with Gasteiger partial charge in [-0.1, -0.05) is 36.4 Å². The van der Waals surface area contributed by atoms with E-state index in [2.05, 4.69) is 16.6 Å². The number of rotatable bonds is 7. The van der Waals surface area contributed by atoms with Crippen LogP contribution in [0.15, 0.2) is 77.1 Å². The second-order valence-corrected chi connectivity index (χ2v) is 6.09. The molecule has 6 heteroatoms. The van der Waals surface area contributed by atoms with Gasteiger partial charge in [0.15, 0.2) is 0 Å². The van der Waals surface area contributed by atoms with Crippen LogP contribution in [-0.4, -0.2) is 18.7 Å². The van der Waals surface area contributed by atoms with Gasteiger partial charge in [0.2, 0.25) is 11.8 Å². The molecule has 2 aromatic rings. The molecule has 1 aliphatic heterocycles. The molecule has 1 unspecified atom stereocenters. The summed E-state index contributed by atoms with van der Waals surface area (Å²) in [6.45, 7) is 6.19. The van der Waals surface area contributed by atoms with Gasteiger partial charge >= 0.3 is 0 Å². The molecule has 0 saturated heterocycles. The summed E-state index contributed by atoms with van der Waals surface area (Å²) in [4.78, 5) is 8.38. The third-order valence-electron chi connectivity index (χ3n) is 4.09. The maximum atomic E-state index is 13.9. The molecular formula is C22H20F2N2O2. The predicted molar refractivity (Wildman–Crippen MR) is 105 cm³/mol. The van der Waals surface area contributed by atoms with E-state index >= 15 is 0 Å². The minimum absolute atomic E-state index is 0.0108. The Morgan fingerprint density at radius 1 is 1.25 bits per heavy atom. The lowest BCUT2D eigenvalue weighted by Gasteiger charge is -2.08. The predicted octanol–water partition coefficient (Wildman–Crippen LogP) is 5.12. The molecule has 2 aromatic carbocycles. The molecule has 0 N–H and O–H groups in total. The standard InChI is InChI=1S/C22H20F2N2O2/c1-3-4-12-25-15(2)27-13-16-8-10-17(11-9-16)20-14-28-22(26-20)21-18(23)6-5-7-19(21)24/h3-12,20H,2,13-14H2,1H3/b4-3-,25-12-. The summed E-state index contributed by atoms with van der Waals surface area (Å²) in [5.41, 5.74) is 1.60. The largest absolute Gasteiger partial charge is 0.475 e. The molecular weight excluding hydrogens is 362 g/mol. The van der Waals surface area contributed by atoms with Crippen molar-refractivity contribution in [2.45, 2.75) is 19.6 Å². The average Bonchev–Trinajstić information content (AvgIpc) is 3.16. The number of nitrogens with zero attached hydrogens (tertiary/aromatic N) is 2. The Bertz CT molecular complexity index is 914. The Labute approximate surface area is 162 Å². The van der Waals surface area contributed by atoms with Crippen molar-refractivity contribution in [2.75, 3.05) is 6.61 Å². The molecule has 144 valence electrons. The SMILES string of the molecule is C=C(/N=C\C=C/C)OCc1ccc(C2COC(c3c(F)cccc3F)=N2)cc1. The van der Waals surface area contributed by atoms with Crippen LogP contribution in [-0.2, 0) is 16.1 Å². The van der Waals surface area contributed by atoms with Gasteiger partial charge in [-0.15, -0.1) is 0 Å². The molecule has 0 fully saturated rings. The number of aliphatic imine (C=N–C) groups is 2. The lowest BCUT2D eigenvalue weighted by molar-refractivity contribution is 0.199. The van der Waals surface area contributed by atoms with E-state index in [0.29, 0.717) is 12.5 Å². The Morgan fingerprint density at radius 3 is 2.64 bits per heavy atom. The highest BCUT2D eigenvalue weighted by Crippen LogP contribution is 2.27. The molecule has 0 bridgehead atoms. The molecule has 1 atom stereocenters. The summed E-state index contributed by atoms with van der Waals surface area (Å²) in [5, 5.41) is 0. The van der Waals surface area contributed by atoms with E-state index in [0.717, 1.165) is 11.1 Å². The highest BCUT2D eigenvalue weighted by atomic mass is 19.1. The molecule has 3 rings (SSSR count). The number of ether oxygens (including phenoxy) is 2. The van der Waals surface area contributed by atoms with Crippen LogP contribution >= 0.6 is 0 Å². The highest BCUT2D eigenvalue weighted by molar-refractivity contribution is 5.95. The zero-order valence-corrected chi connectivity index (χ0v) is 15.4. The van der Waals surface area contributed by atoms with Crippen molar-refractivity contribution in [1.29, 1.82) is 0 Å². The summed E-state index contributed by atoms with van der Waals surface area (Å²) in [5.74, 6) is -1.07. The first-order valence-corrected chi connectivity index (χ1v) is 8.79. The van der Waals surface area contributed by atoms with Crippen LogP contribution in [0, 0.1) is 11.6 Å². The second kappa shape index (κ2) is 9.08. The molecule has 4 nitrogen and oxygen atoms in total.